The number of amides is 2. The van der Waals surface area contributed by atoms with Gasteiger partial charge < -0.3 is 9.47 Å². The predicted molar refractivity (Wildman–Crippen MR) is 152 cm³/mol. The summed E-state index contributed by atoms with van der Waals surface area (Å²) in [6.45, 7) is 2.43. The van der Waals surface area contributed by atoms with Crippen molar-refractivity contribution in [2.75, 3.05) is 13.2 Å². The van der Waals surface area contributed by atoms with E-state index < -0.39 is 11.8 Å². The summed E-state index contributed by atoms with van der Waals surface area (Å²) in [4.78, 5) is 24.9. The molecule has 0 aliphatic carbocycles. The summed E-state index contributed by atoms with van der Waals surface area (Å²) in [5.74, 6) is 0.112. The highest BCUT2D eigenvalue weighted by atomic mass is 79.9. The van der Waals surface area contributed by atoms with Crippen molar-refractivity contribution in [3.63, 3.8) is 0 Å². The van der Waals surface area contributed by atoms with Gasteiger partial charge in [0, 0.05) is 4.47 Å². The minimum absolute atomic E-state index is 0.0523. The minimum atomic E-state index is -0.467. The SMILES string of the molecule is CCCCCCOc1ccccc1C(=O)NC(=S)NNC(=O)COc1ccc2cc(Br)ccc2c1Br. The maximum Gasteiger partial charge on any atom is 0.276 e. The molecule has 2 amide bonds. The van der Waals surface area contributed by atoms with E-state index in [1.54, 1.807) is 24.3 Å². The van der Waals surface area contributed by atoms with Gasteiger partial charge in [0.25, 0.3) is 11.8 Å². The van der Waals surface area contributed by atoms with Crippen molar-refractivity contribution >= 4 is 71.8 Å². The van der Waals surface area contributed by atoms with Crippen LogP contribution in [0, 0.1) is 0 Å². The molecule has 10 heteroatoms. The molecule has 0 aliphatic heterocycles. The number of carbonyl (C=O) groups is 2. The Morgan fingerprint density at radius 1 is 0.917 bits per heavy atom. The fourth-order valence-corrected chi connectivity index (χ4v) is 4.48. The van der Waals surface area contributed by atoms with Crippen LogP contribution in [0.15, 0.2) is 63.5 Å². The van der Waals surface area contributed by atoms with E-state index in [0.29, 0.717) is 23.7 Å². The molecule has 0 atom stereocenters. The number of unbranched alkanes of at least 4 members (excludes halogenated alkanes) is 3. The number of fused-ring (bicyclic) bond motifs is 1. The molecule has 36 heavy (non-hydrogen) atoms. The fraction of sp³-hybridized carbons (Fsp3) is 0.269. The quantitative estimate of drug-likeness (QED) is 0.143. The molecule has 3 N–H and O–H groups in total. The Bertz CT molecular complexity index is 1240. The number of para-hydroxylation sites is 1. The van der Waals surface area contributed by atoms with Crippen molar-refractivity contribution in [2.24, 2.45) is 0 Å². The van der Waals surface area contributed by atoms with Crippen LogP contribution >= 0.6 is 44.1 Å². The first-order valence-electron chi connectivity index (χ1n) is 11.5. The summed E-state index contributed by atoms with van der Waals surface area (Å²) in [5.41, 5.74) is 5.30. The molecule has 0 saturated heterocycles. The molecule has 190 valence electrons. The van der Waals surface area contributed by atoms with Crippen LogP contribution in [0.2, 0.25) is 0 Å². The lowest BCUT2D eigenvalue weighted by atomic mass is 10.1. The van der Waals surface area contributed by atoms with Gasteiger partial charge in [0.2, 0.25) is 0 Å². The van der Waals surface area contributed by atoms with Crippen LogP contribution in [-0.4, -0.2) is 30.1 Å². The van der Waals surface area contributed by atoms with Gasteiger partial charge in [0.1, 0.15) is 11.5 Å². The van der Waals surface area contributed by atoms with Crippen molar-refractivity contribution < 1.29 is 19.1 Å². The van der Waals surface area contributed by atoms with Gasteiger partial charge in [0.05, 0.1) is 16.6 Å². The first-order chi connectivity index (χ1) is 17.4. The van der Waals surface area contributed by atoms with Gasteiger partial charge in [-0.1, -0.05) is 66.4 Å². The van der Waals surface area contributed by atoms with Crippen LogP contribution in [0.25, 0.3) is 10.8 Å². The van der Waals surface area contributed by atoms with E-state index in [1.165, 1.54) is 0 Å². The molecule has 3 aromatic rings. The van der Waals surface area contributed by atoms with Gasteiger partial charge in [-0.15, -0.1) is 0 Å². The summed E-state index contributed by atoms with van der Waals surface area (Å²) in [6.07, 6.45) is 4.30. The van der Waals surface area contributed by atoms with Crippen LogP contribution in [-0.2, 0) is 4.79 Å². The Morgan fingerprint density at radius 2 is 1.72 bits per heavy atom. The van der Waals surface area contributed by atoms with Crippen LogP contribution < -0.4 is 25.6 Å². The topological polar surface area (TPSA) is 88.7 Å². The van der Waals surface area contributed by atoms with Crippen LogP contribution in [0.3, 0.4) is 0 Å². The van der Waals surface area contributed by atoms with Gasteiger partial charge in [-0.05, 0) is 75.7 Å². The van der Waals surface area contributed by atoms with Crippen LogP contribution in [0.1, 0.15) is 43.0 Å². The fourth-order valence-electron chi connectivity index (χ4n) is 3.35. The smallest absolute Gasteiger partial charge is 0.276 e. The van der Waals surface area contributed by atoms with Gasteiger partial charge in [-0.25, -0.2) is 0 Å². The summed E-state index contributed by atoms with van der Waals surface area (Å²) in [7, 11) is 0. The van der Waals surface area contributed by atoms with E-state index in [9.17, 15) is 9.59 Å². The van der Waals surface area contributed by atoms with E-state index in [1.807, 2.05) is 30.3 Å². The van der Waals surface area contributed by atoms with Gasteiger partial charge in [-0.3, -0.25) is 25.8 Å². The lowest BCUT2D eigenvalue weighted by molar-refractivity contribution is -0.123. The zero-order chi connectivity index (χ0) is 25.9. The van der Waals surface area contributed by atoms with Crippen molar-refractivity contribution in [2.45, 2.75) is 32.6 Å². The average Bonchev–Trinajstić information content (AvgIpc) is 2.87. The zero-order valence-corrected chi connectivity index (χ0v) is 23.7. The second-order valence-corrected chi connectivity index (χ2v) is 10.0. The molecule has 0 aromatic heterocycles. The highest BCUT2D eigenvalue weighted by molar-refractivity contribution is 9.11. The third kappa shape index (κ3) is 8.18. The Morgan fingerprint density at radius 3 is 2.53 bits per heavy atom. The van der Waals surface area contributed by atoms with E-state index in [4.69, 9.17) is 21.7 Å². The normalized spacial score (nSPS) is 10.5. The highest BCUT2D eigenvalue weighted by Gasteiger charge is 2.14. The van der Waals surface area contributed by atoms with Crippen molar-refractivity contribution in [1.29, 1.82) is 0 Å². The van der Waals surface area contributed by atoms with Crippen molar-refractivity contribution in [3.8, 4) is 11.5 Å². The van der Waals surface area contributed by atoms with Crippen molar-refractivity contribution in [3.05, 3.63) is 69.1 Å². The summed E-state index contributed by atoms with van der Waals surface area (Å²) >= 11 is 12.1. The van der Waals surface area contributed by atoms with Gasteiger partial charge in [0.15, 0.2) is 11.7 Å². The number of carbonyl (C=O) groups excluding carboxylic acids is 2. The molecule has 0 radical (unpaired) electrons. The maximum absolute atomic E-state index is 12.7. The number of rotatable bonds is 10. The number of halogens is 2. The molecule has 3 rings (SSSR count). The first kappa shape index (κ1) is 27.9. The number of hydrogen-bond acceptors (Lipinski definition) is 5. The monoisotopic (exact) mass is 635 g/mol. The van der Waals surface area contributed by atoms with E-state index >= 15 is 0 Å². The largest absolute Gasteiger partial charge is 0.493 e. The van der Waals surface area contributed by atoms with E-state index in [2.05, 4.69) is 55.0 Å². The minimum Gasteiger partial charge on any atom is -0.493 e. The average molecular weight is 637 g/mol. The number of nitrogens with one attached hydrogen (secondary N) is 3. The molecule has 7 nitrogen and oxygen atoms in total. The standard InChI is InChI=1S/C26H27Br2N3O4S/c1-2-3-4-7-14-34-21-9-6-5-8-20(21)25(33)29-26(36)31-30-23(32)16-35-22-13-10-17-15-18(27)11-12-19(17)24(22)28/h5-6,8-13,15H,2-4,7,14,16H2,1H3,(H,30,32)(H2,29,31,33,36). The van der Waals surface area contributed by atoms with Crippen LogP contribution in [0.5, 0.6) is 11.5 Å². The molecule has 0 unspecified atom stereocenters. The Hall–Kier alpha value is -2.69. The Kier molecular flexibility index (Phi) is 11.0. The predicted octanol–water partition coefficient (Wildman–Crippen LogP) is 6.04. The first-order valence-corrected chi connectivity index (χ1v) is 13.5. The summed E-state index contributed by atoms with van der Waals surface area (Å²) < 4.78 is 13.2. The maximum atomic E-state index is 12.7. The highest BCUT2D eigenvalue weighted by Crippen LogP contribution is 2.34. The molecular formula is C26H27Br2N3O4S. The van der Waals surface area contributed by atoms with Crippen molar-refractivity contribution in [1.82, 2.24) is 16.2 Å². The van der Waals surface area contributed by atoms with Gasteiger partial charge >= 0.3 is 0 Å². The molecule has 0 heterocycles. The molecule has 3 aromatic carbocycles. The number of ether oxygens (including phenoxy) is 2. The zero-order valence-electron chi connectivity index (χ0n) is 19.7. The summed E-state index contributed by atoms with van der Waals surface area (Å²) in [5, 5.41) is 4.48. The second-order valence-electron chi connectivity index (χ2n) is 7.89. The molecule has 0 saturated carbocycles. The van der Waals surface area contributed by atoms with Crippen LogP contribution in [0.4, 0.5) is 0 Å². The number of benzene rings is 3. The lowest BCUT2D eigenvalue weighted by Crippen LogP contribution is -2.49. The Labute approximate surface area is 232 Å². The van der Waals surface area contributed by atoms with E-state index in [0.717, 1.165) is 45.4 Å². The molecular weight excluding hydrogens is 610 g/mol. The third-order valence-corrected chi connectivity index (χ3v) is 6.68. The second kappa shape index (κ2) is 14.2. The molecule has 0 bridgehead atoms. The number of hydrazine groups is 1. The van der Waals surface area contributed by atoms with E-state index in [-0.39, 0.29) is 11.7 Å². The molecule has 0 fully saturated rings. The lowest BCUT2D eigenvalue weighted by Gasteiger charge is -2.14. The third-order valence-electron chi connectivity index (χ3n) is 5.17. The summed E-state index contributed by atoms with van der Waals surface area (Å²) in [6, 6.07) is 16.5. The Balaban J connectivity index is 1.46. The van der Waals surface area contributed by atoms with Gasteiger partial charge in [-0.2, -0.15) is 0 Å². The number of thiocarbonyl (C=S) groups is 1. The molecule has 0 spiro atoms. The number of hydrogen-bond donors (Lipinski definition) is 3. The molecule has 0 aliphatic rings.